The number of aromatic nitrogens is 1. The maximum atomic E-state index is 12.3. The van der Waals surface area contributed by atoms with Gasteiger partial charge in [-0.2, -0.15) is 0 Å². The van der Waals surface area contributed by atoms with Crippen LogP contribution in [0.3, 0.4) is 0 Å². The Morgan fingerprint density at radius 1 is 1.33 bits per heavy atom. The van der Waals surface area contributed by atoms with E-state index >= 15 is 0 Å². The van der Waals surface area contributed by atoms with Crippen molar-refractivity contribution >= 4 is 23.3 Å². The highest BCUT2D eigenvalue weighted by Crippen LogP contribution is 2.31. The zero-order valence-corrected chi connectivity index (χ0v) is 13.2. The smallest absolute Gasteiger partial charge is 0.225 e. The van der Waals surface area contributed by atoms with Gasteiger partial charge in [0.2, 0.25) is 5.91 Å². The SMILES string of the molecule is CN(C(=O)C1CCC1)C1CCN(c2ncccc2Cl)CC1. The summed E-state index contributed by atoms with van der Waals surface area (Å²) in [6.07, 6.45) is 7.11. The van der Waals surface area contributed by atoms with Crippen molar-refractivity contribution in [1.82, 2.24) is 9.88 Å². The Hall–Kier alpha value is -1.29. The topological polar surface area (TPSA) is 36.4 Å². The van der Waals surface area contributed by atoms with Gasteiger partial charge in [0.25, 0.3) is 0 Å². The first-order valence-corrected chi connectivity index (χ1v) is 8.16. The lowest BCUT2D eigenvalue weighted by Crippen LogP contribution is -2.48. The molecule has 0 radical (unpaired) electrons. The first-order chi connectivity index (χ1) is 10.2. The number of anilines is 1. The Balaban J connectivity index is 1.57. The minimum Gasteiger partial charge on any atom is -0.355 e. The van der Waals surface area contributed by atoms with Gasteiger partial charge in [-0.3, -0.25) is 4.79 Å². The van der Waals surface area contributed by atoms with Gasteiger partial charge in [0.05, 0.1) is 5.02 Å². The van der Waals surface area contributed by atoms with E-state index in [9.17, 15) is 4.79 Å². The van der Waals surface area contributed by atoms with Crippen molar-refractivity contribution in [3.63, 3.8) is 0 Å². The number of hydrogen-bond acceptors (Lipinski definition) is 3. The average Bonchev–Trinajstić information content (AvgIpc) is 2.45. The maximum Gasteiger partial charge on any atom is 0.225 e. The summed E-state index contributed by atoms with van der Waals surface area (Å²) in [6, 6.07) is 4.09. The number of amides is 1. The van der Waals surface area contributed by atoms with Crippen molar-refractivity contribution in [2.45, 2.75) is 38.1 Å². The van der Waals surface area contributed by atoms with Crippen molar-refractivity contribution < 1.29 is 4.79 Å². The van der Waals surface area contributed by atoms with Crippen LogP contribution in [0.15, 0.2) is 18.3 Å². The number of piperidine rings is 1. The van der Waals surface area contributed by atoms with E-state index in [-0.39, 0.29) is 0 Å². The van der Waals surface area contributed by atoms with E-state index < -0.39 is 0 Å². The van der Waals surface area contributed by atoms with Crippen LogP contribution >= 0.6 is 11.6 Å². The molecule has 1 saturated heterocycles. The Morgan fingerprint density at radius 3 is 2.62 bits per heavy atom. The molecule has 1 amide bonds. The quantitative estimate of drug-likeness (QED) is 0.861. The van der Waals surface area contributed by atoms with E-state index in [1.165, 1.54) is 6.42 Å². The summed E-state index contributed by atoms with van der Waals surface area (Å²) in [6.45, 7) is 1.81. The molecule has 0 atom stereocenters. The molecule has 1 aliphatic carbocycles. The molecular weight excluding hydrogens is 286 g/mol. The highest BCUT2D eigenvalue weighted by Gasteiger charge is 2.32. The lowest BCUT2D eigenvalue weighted by Gasteiger charge is -2.39. The van der Waals surface area contributed by atoms with Crippen LogP contribution in [0.25, 0.3) is 0 Å². The molecule has 4 nitrogen and oxygen atoms in total. The zero-order valence-electron chi connectivity index (χ0n) is 12.5. The second-order valence-electron chi connectivity index (χ2n) is 6.10. The molecule has 1 aliphatic heterocycles. The molecule has 0 bridgehead atoms. The Kier molecular flexibility index (Phi) is 4.34. The van der Waals surface area contributed by atoms with Crippen LogP contribution in [0.4, 0.5) is 5.82 Å². The number of rotatable bonds is 3. The molecule has 2 aliphatic rings. The minimum atomic E-state index is 0.290. The number of halogens is 1. The van der Waals surface area contributed by atoms with Crippen molar-refractivity contribution in [2.24, 2.45) is 5.92 Å². The van der Waals surface area contributed by atoms with E-state index in [1.54, 1.807) is 6.20 Å². The van der Waals surface area contributed by atoms with Gasteiger partial charge in [-0.05, 0) is 37.8 Å². The highest BCUT2D eigenvalue weighted by molar-refractivity contribution is 6.32. The number of pyridine rings is 1. The van der Waals surface area contributed by atoms with Crippen LogP contribution in [0.2, 0.25) is 5.02 Å². The van der Waals surface area contributed by atoms with E-state index in [0.29, 0.717) is 22.9 Å². The van der Waals surface area contributed by atoms with Crippen molar-refractivity contribution in [3.05, 3.63) is 23.4 Å². The number of carbonyl (C=O) groups is 1. The van der Waals surface area contributed by atoms with Gasteiger partial charge >= 0.3 is 0 Å². The third-order valence-corrected chi connectivity index (χ3v) is 5.15. The van der Waals surface area contributed by atoms with Crippen molar-refractivity contribution in [2.75, 3.05) is 25.0 Å². The van der Waals surface area contributed by atoms with Gasteiger partial charge in [0, 0.05) is 38.3 Å². The summed E-state index contributed by atoms with van der Waals surface area (Å²) in [5, 5.41) is 0.704. The molecule has 1 saturated carbocycles. The number of carbonyl (C=O) groups excluding carboxylic acids is 1. The molecule has 1 aromatic heterocycles. The van der Waals surface area contributed by atoms with Gasteiger partial charge in [-0.25, -0.2) is 4.98 Å². The maximum absolute atomic E-state index is 12.3. The third kappa shape index (κ3) is 3.00. The Bertz CT molecular complexity index is 510. The predicted octanol–water partition coefficient (Wildman–Crippen LogP) is 2.96. The fraction of sp³-hybridized carbons (Fsp3) is 0.625. The van der Waals surface area contributed by atoms with Crippen LogP contribution in [-0.2, 0) is 4.79 Å². The summed E-state index contributed by atoms with van der Waals surface area (Å²) in [4.78, 5) is 20.9. The second-order valence-corrected chi connectivity index (χ2v) is 6.51. The molecule has 5 heteroatoms. The van der Waals surface area contributed by atoms with Gasteiger partial charge in [0.15, 0.2) is 0 Å². The molecule has 1 aromatic rings. The number of nitrogens with zero attached hydrogens (tertiary/aromatic N) is 3. The monoisotopic (exact) mass is 307 g/mol. The van der Waals surface area contributed by atoms with Crippen LogP contribution in [0, 0.1) is 5.92 Å². The molecule has 0 N–H and O–H groups in total. The third-order valence-electron chi connectivity index (χ3n) is 4.85. The summed E-state index contributed by atoms with van der Waals surface area (Å²) >= 11 is 6.21. The second kappa shape index (κ2) is 6.22. The van der Waals surface area contributed by atoms with E-state index in [4.69, 9.17) is 11.6 Å². The highest BCUT2D eigenvalue weighted by atomic mass is 35.5. The number of hydrogen-bond donors (Lipinski definition) is 0. The Labute approximate surface area is 131 Å². The molecule has 3 rings (SSSR count). The molecule has 0 aromatic carbocycles. The van der Waals surface area contributed by atoms with Crippen LogP contribution in [-0.4, -0.2) is 42.0 Å². The minimum absolute atomic E-state index is 0.290. The molecule has 0 spiro atoms. The van der Waals surface area contributed by atoms with E-state index in [2.05, 4.69) is 9.88 Å². The predicted molar refractivity (Wildman–Crippen MR) is 84.6 cm³/mol. The summed E-state index contributed by atoms with van der Waals surface area (Å²) in [5.74, 6) is 1.50. The fourth-order valence-corrected chi connectivity index (χ4v) is 3.44. The van der Waals surface area contributed by atoms with E-state index in [1.807, 2.05) is 24.1 Å². The lowest BCUT2D eigenvalue weighted by atomic mass is 9.84. The van der Waals surface area contributed by atoms with Gasteiger partial charge in [-0.1, -0.05) is 18.0 Å². The molecule has 2 heterocycles. The lowest BCUT2D eigenvalue weighted by molar-refractivity contribution is -0.139. The summed E-state index contributed by atoms with van der Waals surface area (Å²) < 4.78 is 0. The normalized spacial score (nSPS) is 20.2. The first kappa shape index (κ1) is 14.6. The van der Waals surface area contributed by atoms with Gasteiger partial charge in [-0.15, -0.1) is 0 Å². The summed E-state index contributed by atoms with van der Waals surface area (Å²) in [7, 11) is 1.97. The summed E-state index contributed by atoms with van der Waals surface area (Å²) in [5.41, 5.74) is 0. The van der Waals surface area contributed by atoms with E-state index in [0.717, 1.165) is 44.6 Å². The van der Waals surface area contributed by atoms with Crippen molar-refractivity contribution in [1.29, 1.82) is 0 Å². The standard InChI is InChI=1S/C16H22ClN3O/c1-19(16(21)12-4-2-5-12)13-7-10-20(11-8-13)15-14(17)6-3-9-18-15/h3,6,9,12-13H,2,4-5,7-8,10-11H2,1H3. The van der Waals surface area contributed by atoms with Crippen LogP contribution < -0.4 is 4.90 Å². The van der Waals surface area contributed by atoms with Gasteiger partial charge in [0.1, 0.15) is 5.82 Å². The Morgan fingerprint density at radius 2 is 2.05 bits per heavy atom. The molecule has 21 heavy (non-hydrogen) atoms. The van der Waals surface area contributed by atoms with Crippen LogP contribution in [0.5, 0.6) is 0 Å². The molecular formula is C16H22ClN3O. The fourth-order valence-electron chi connectivity index (χ4n) is 3.20. The molecule has 2 fully saturated rings. The van der Waals surface area contributed by atoms with Crippen LogP contribution in [0.1, 0.15) is 32.1 Å². The first-order valence-electron chi connectivity index (χ1n) is 7.79. The molecule has 114 valence electrons. The molecule has 0 unspecified atom stereocenters. The zero-order chi connectivity index (χ0) is 14.8. The van der Waals surface area contributed by atoms with Gasteiger partial charge < -0.3 is 9.80 Å². The largest absolute Gasteiger partial charge is 0.355 e. The van der Waals surface area contributed by atoms with Crippen molar-refractivity contribution in [3.8, 4) is 0 Å². The average molecular weight is 308 g/mol.